The van der Waals surface area contributed by atoms with Crippen molar-refractivity contribution in [1.29, 1.82) is 0 Å². The number of fused-ring (bicyclic) bond motifs is 1. The molecule has 0 fully saturated rings. The highest BCUT2D eigenvalue weighted by Gasteiger charge is 2.21. The minimum atomic E-state index is -0.838. The van der Waals surface area contributed by atoms with Gasteiger partial charge < -0.3 is 9.47 Å². The Morgan fingerprint density at radius 1 is 1.15 bits per heavy atom. The molecule has 0 atom stereocenters. The fourth-order valence-corrected chi connectivity index (χ4v) is 3.76. The van der Waals surface area contributed by atoms with Crippen molar-refractivity contribution in [3.8, 4) is 11.4 Å². The Bertz CT molecular complexity index is 1350. The zero-order valence-corrected chi connectivity index (χ0v) is 18.1. The third-order valence-electron chi connectivity index (χ3n) is 4.34. The van der Waals surface area contributed by atoms with E-state index >= 15 is 0 Å². The Hall–Kier alpha value is -4.12. The number of hydrogen-bond acceptors (Lipinski definition) is 8. The lowest BCUT2D eigenvalue weighted by molar-refractivity contribution is -0.118. The molecule has 0 aliphatic carbocycles. The number of carbonyl (C=O) groups is 2. The van der Waals surface area contributed by atoms with Crippen LogP contribution in [0.25, 0.3) is 15.9 Å². The Labute approximate surface area is 190 Å². The molecular weight excluding hydrogens is 451 g/mol. The number of rotatable bonds is 7. The molecule has 2 heterocycles. The van der Waals surface area contributed by atoms with E-state index in [1.807, 2.05) is 24.3 Å². The van der Waals surface area contributed by atoms with Crippen molar-refractivity contribution in [2.24, 2.45) is 0 Å². The van der Waals surface area contributed by atoms with Crippen molar-refractivity contribution in [2.45, 2.75) is 6.92 Å². The molecule has 4 rings (SSSR count). The Morgan fingerprint density at radius 3 is 2.64 bits per heavy atom. The smallest absolute Gasteiger partial charge is 0.362 e. The van der Waals surface area contributed by atoms with Gasteiger partial charge >= 0.3 is 5.97 Å². The van der Waals surface area contributed by atoms with Crippen molar-refractivity contribution in [3.63, 3.8) is 0 Å². The second-order valence-corrected chi connectivity index (χ2v) is 7.66. The SMILES string of the molecule is CCOC(=O)c1nn(-c2ccc(F)cc2)c(=O)cc1OCC(=O)Nc1nc2ccccc2s1. The van der Waals surface area contributed by atoms with Gasteiger partial charge in [-0.3, -0.25) is 14.9 Å². The fraction of sp³-hybridized carbons (Fsp3) is 0.136. The number of esters is 1. The first-order chi connectivity index (χ1) is 15.9. The van der Waals surface area contributed by atoms with Crippen LogP contribution >= 0.6 is 11.3 Å². The van der Waals surface area contributed by atoms with Crippen LogP contribution in [0.4, 0.5) is 9.52 Å². The van der Waals surface area contributed by atoms with E-state index < -0.39 is 29.9 Å². The Morgan fingerprint density at radius 2 is 1.91 bits per heavy atom. The fourth-order valence-electron chi connectivity index (χ4n) is 2.88. The molecule has 168 valence electrons. The van der Waals surface area contributed by atoms with E-state index in [1.165, 1.54) is 23.5 Å². The lowest BCUT2D eigenvalue weighted by Gasteiger charge is -2.12. The number of aromatic nitrogens is 3. The highest BCUT2D eigenvalue weighted by molar-refractivity contribution is 7.22. The summed E-state index contributed by atoms with van der Waals surface area (Å²) in [6.45, 7) is 1.18. The average molecular weight is 468 g/mol. The molecule has 2 aromatic carbocycles. The highest BCUT2D eigenvalue weighted by Crippen LogP contribution is 2.25. The molecule has 9 nitrogen and oxygen atoms in total. The lowest BCUT2D eigenvalue weighted by Crippen LogP contribution is -2.27. The van der Waals surface area contributed by atoms with E-state index in [1.54, 1.807) is 6.92 Å². The number of carbonyl (C=O) groups excluding carboxylic acids is 2. The van der Waals surface area contributed by atoms with Crippen molar-refractivity contribution in [3.05, 3.63) is 76.5 Å². The maximum Gasteiger partial charge on any atom is 0.362 e. The zero-order chi connectivity index (χ0) is 23.4. The summed E-state index contributed by atoms with van der Waals surface area (Å²) in [6.07, 6.45) is 0. The topological polar surface area (TPSA) is 112 Å². The maximum absolute atomic E-state index is 13.2. The number of nitrogens with one attached hydrogen (secondary N) is 1. The third kappa shape index (κ3) is 5.04. The number of benzene rings is 2. The number of nitrogens with zero attached hydrogens (tertiary/aromatic N) is 3. The van der Waals surface area contributed by atoms with Crippen molar-refractivity contribution in [1.82, 2.24) is 14.8 Å². The predicted octanol–water partition coefficient (Wildman–Crippen LogP) is 3.18. The van der Waals surface area contributed by atoms with Gasteiger partial charge in [-0.2, -0.15) is 9.78 Å². The van der Waals surface area contributed by atoms with Crippen LogP contribution in [0, 0.1) is 5.82 Å². The second-order valence-electron chi connectivity index (χ2n) is 6.63. The molecule has 0 saturated heterocycles. The van der Waals surface area contributed by atoms with Gasteiger partial charge in [0.25, 0.3) is 11.5 Å². The highest BCUT2D eigenvalue weighted by atomic mass is 32.1. The molecule has 0 aliphatic heterocycles. The molecule has 2 aromatic heterocycles. The molecule has 1 amide bonds. The van der Waals surface area contributed by atoms with Crippen LogP contribution in [-0.2, 0) is 9.53 Å². The molecule has 0 unspecified atom stereocenters. The molecule has 0 aliphatic rings. The number of thiazole rings is 1. The minimum absolute atomic E-state index is 0.0632. The van der Waals surface area contributed by atoms with Crippen LogP contribution < -0.4 is 15.6 Å². The van der Waals surface area contributed by atoms with Gasteiger partial charge in [0.2, 0.25) is 5.69 Å². The van der Waals surface area contributed by atoms with Gasteiger partial charge in [-0.05, 0) is 43.3 Å². The van der Waals surface area contributed by atoms with Crippen LogP contribution in [0.2, 0.25) is 0 Å². The summed E-state index contributed by atoms with van der Waals surface area (Å²) in [6, 6.07) is 13.4. The largest absolute Gasteiger partial charge is 0.481 e. The van der Waals surface area contributed by atoms with E-state index in [-0.39, 0.29) is 23.7 Å². The number of halogens is 1. The van der Waals surface area contributed by atoms with Crippen molar-refractivity contribution in [2.75, 3.05) is 18.5 Å². The summed E-state index contributed by atoms with van der Waals surface area (Å²) < 4.78 is 25.5. The summed E-state index contributed by atoms with van der Waals surface area (Å²) in [5.41, 5.74) is 0.0498. The maximum atomic E-state index is 13.2. The van der Waals surface area contributed by atoms with Gasteiger partial charge in [0.1, 0.15) is 5.82 Å². The van der Waals surface area contributed by atoms with E-state index in [4.69, 9.17) is 9.47 Å². The zero-order valence-electron chi connectivity index (χ0n) is 17.3. The standard InChI is InChI=1S/C22H17FN4O5S/c1-2-31-21(30)20-16(11-19(29)27(26-20)14-9-7-13(23)8-10-14)32-12-18(28)25-22-24-15-5-3-4-6-17(15)33-22/h3-11H,2,12H2,1H3,(H,24,25,28). The number of hydrogen-bond donors (Lipinski definition) is 1. The summed E-state index contributed by atoms with van der Waals surface area (Å²) in [5, 5.41) is 7.03. The lowest BCUT2D eigenvalue weighted by atomic mass is 10.3. The molecule has 0 spiro atoms. The van der Waals surface area contributed by atoms with E-state index in [0.717, 1.165) is 33.1 Å². The van der Waals surface area contributed by atoms with Crippen LogP contribution in [0.5, 0.6) is 5.75 Å². The summed E-state index contributed by atoms with van der Waals surface area (Å²) in [5.74, 6) is -2.07. The number of anilines is 1. The first-order valence-electron chi connectivity index (χ1n) is 9.80. The summed E-state index contributed by atoms with van der Waals surface area (Å²) in [7, 11) is 0. The third-order valence-corrected chi connectivity index (χ3v) is 5.29. The minimum Gasteiger partial charge on any atom is -0.481 e. The van der Waals surface area contributed by atoms with Crippen LogP contribution in [-0.4, -0.2) is 39.9 Å². The quantitative estimate of drug-likeness (QED) is 0.415. The van der Waals surface area contributed by atoms with Crippen molar-refractivity contribution < 1.29 is 23.5 Å². The number of ether oxygens (including phenoxy) is 2. The molecular formula is C22H17FN4O5S. The Kier molecular flexibility index (Phi) is 6.41. The monoisotopic (exact) mass is 468 g/mol. The van der Waals surface area contributed by atoms with Crippen LogP contribution in [0.1, 0.15) is 17.4 Å². The Balaban J connectivity index is 1.55. The molecule has 0 saturated carbocycles. The van der Waals surface area contributed by atoms with Gasteiger partial charge in [0, 0.05) is 0 Å². The first-order valence-corrected chi connectivity index (χ1v) is 10.6. The van der Waals surface area contributed by atoms with Gasteiger partial charge in [-0.1, -0.05) is 23.5 Å². The van der Waals surface area contributed by atoms with Gasteiger partial charge in [-0.25, -0.2) is 14.2 Å². The number of para-hydroxylation sites is 1. The van der Waals surface area contributed by atoms with Crippen LogP contribution in [0.3, 0.4) is 0 Å². The molecule has 11 heteroatoms. The summed E-state index contributed by atoms with van der Waals surface area (Å²) >= 11 is 1.30. The van der Waals surface area contributed by atoms with E-state index in [0.29, 0.717) is 5.13 Å². The van der Waals surface area contributed by atoms with Crippen LogP contribution in [0.15, 0.2) is 59.4 Å². The summed E-state index contributed by atoms with van der Waals surface area (Å²) in [4.78, 5) is 41.6. The average Bonchev–Trinajstić information content (AvgIpc) is 3.20. The van der Waals surface area contributed by atoms with Crippen molar-refractivity contribution >= 4 is 38.6 Å². The molecule has 4 aromatic rings. The molecule has 1 N–H and O–H groups in total. The molecule has 0 bridgehead atoms. The van der Waals surface area contributed by atoms with Gasteiger partial charge in [-0.15, -0.1) is 0 Å². The van der Waals surface area contributed by atoms with E-state index in [2.05, 4.69) is 15.4 Å². The van der Waals surface area contributed by atoms with Gasteiger partial charge in [0.15, 0.2) is 17.5 Å². The van der Waals surface area contributed by atoms with E-state index in [9.17, 15) is 18.8 Å². The van der Waals surface area contributed by atoms with Gasteiger partial charge in [0.05, 0.1) is 28.6 Å². The second kappa shape index (κ2) is 9.57. The molecule has 33 heavy (non-hydrogen) atoms. The first kappa shape index (κ1) is 22.1. The number of amides is 1. The molecule has 0 radical (unpaired) electrons. The predicted molar refractivity (Wildman–Crippen MR) is 119 cm³/mol. The normalized spacial score (nSPS) is 10.7.